The molecule has 1 aromatic carbocycles. The summed E-state index contributed by atoms with van der Waals surface area (Å²) in [5, 5.41) is 6.82. The van der Waals surface area contributed by atoms with Crippen LogP contribution in [0.15, 0.2) is 28.8 Å². The van der Waals surface area contributed by atoms with Crippen LogP contribution < -0.4 is 10.1 Å². The lowest BCUT2D eigenvalue weighted by atomic mass is 10.2. The van der Waals surface area contributed by atoms with Crippen LogP contribution in [0.2, 0.25) is 0 Å². The molecule has 0 aliphatic carbocycles. The number of aromatic nitrogens is 1. The van der Waals surface area contributed by atoms with Gasteiger partial charge in [-0.1, -0.05) is 11.2 Å². The highest BCUT2D eigenvalue weighted by Gasteiger charge is 2.17. The maximum atomic E-state index is 12.2. The number of nitrogens with one attached hydrogen (secondary N) is 1. The van der Waals surface area contributed by atoms with Crippen LogP contribution in [-0.4, -0.2) is 30.3 Å². The molecule has 1 atom stereocenters. The van der Waals surface area contributed by atoms with Crippen molar-refractivity contribution in [1.82, 2.24) is 10.5 Å². The first-order valence-corrected chi connectivity index (χ1v) is 8.18. The van der Waals surface area contributed by atoms with E-state index in [2.05, 4.69) is 10.5 Å². The second kappa shape index (κ2) is 7.49. The van der Waals surface area contributed by atoms with Gasteiger partial charge in [0.15, 0.2) is 0 Å². The second-order valence-corrected chi connectivity index (χ2v) is 5.96. The molecule has 0 bridgehead atoms. The minimum Gasteiger partial charge on any atom is -0.489 e. The molecule has 6 nitrogen and oxygen atoms in total. The fraction of sp³-hybridized carbons (Fsp3) is 0.444. The first kappa shape index (κ1) is 16.5. The van der Waals surface area contributed by atoms with Gasteiger partial charge in [-0.25, -0.2) is 0 Å². The van der Waals surface area contributed by atoms with Crippen molar-refractivity contribution in [2.45, 2.75) is 39.4 Å². The number of benzene rings is 1. The van der Waals surface area contributed by atoms with E-state index in [1.807, 2.05) is 26.0 Å². The van der Waals surface area contributed by atoms with Crippen molar-refractivity contribution < 1.29 is 18.8 Å². The predicted molar refractivity (Wildman–Crippen MR) is 88.1 cm³/mol. The summed E-state index contributed by atoms with van der Waals surface area (Å²) in [6.07, 6.45) is 2.19. The van der Waals surface area contributed by atoms with E-state index in [4.69, 9.17) is 14.0 Å². The van der Waals surface area contributed by atoms with Gasteiger partial charge >= 0.3 is 0 Å². The topological polar surface area (TPSA) is 73.6 Å². The zero-order valence-corrected chi connectivity index (χ0v) is 14.0. The number of carbonyl (C=O) groups is 1. The molecule has 0 radical (unpaired) electrons. The quantitative estimate of drug-likeness (QED) is 0.881. The first-order chi connectivity index (χ1) is 11.6. The largest absolute Gasteiger partial charge is 0.489 e. The van der Waals surface area contributed by atoms with Crippen LogP contribution >= 0.6 is 0 Å². The monoisotopic (exact) mass is 330 g/mol. The summed E-state index contributed by atoms with van der Waals surface area (Å²) in [6.45, 7) is 5.43. The Labute approximate surface area is 141 Å². The molecule has 0 saturated carbocycles. The van der Waals surface area contributed by atoms with E-state index < -0.39 is 0 Å². The molecule has 128 valence electrons. The molecule has 1 aromatic heterocycles. The number of hydrogen-bond acceptors (Lipinski definition) is 5. The van der Waals surface area contributed by atoms with Crippen LogP contribution in [0.4, 0.5) is 0 Å². The Balaban J connectivity index is 1.58. The lowest BCUT2D eigenvalue weighted by Gasteiger charge is -2.11. The number of aryl methyl sites for hydroxylation is 2. The van der Waals surface area contributed by atoms with Gasteiger partial charge in [0.25, 0.3) is 5.91 Å². The molecule has 1 N–H and O–H groups in total. The van der Waals surface area contributed by atoms with E-state index in [9.17, 15) is 4.79 Å². The Hall–Kier alpha value is -2.34. The van der Waals surface area contributed by atoms with Gasteiger partial charge in [0.05, 0.1) is 17.4 Å². The van der Waals surface area contributed by atoms with Gasteiger partial charge in [-0.05, 0) is 44.9 Å². The second-order valence-electron chi connectivity index (χ2n) is 5.96. The molecule has 6 heteroatoms. The van der Waals surface area contributed by atoms with Crippen LogP contribution in [0.25, 0.3) is 0 Å². The number of nitrogens with zero attached hydrogens (tertiary/aromatic N) is 1. The number of ether oxygens (including phenoxy) is 2. The average Bonchev–Trinajstić information content (AvgIpc) is 3.22. The number of hydrogen-bond donors (Lipinski definition) is 1. The van der Waals surface area contributed by atoms with E-state index in [0.717, 1.165) is 36.5 Å². The summed E-state index contributed by atoms with van der Waals surface area (Å²) in [6, 6.07) is 7.15. The van der Waals surface area contributed by atoms with Crippen LogP contribution in [-0.2, 0) is 11.3 Å². The molecule has 2 heterocycles. The molecule has 24 heavy (non-hydrogen) atoms. The Bertz CT molecular complexity index is 685. The van der Waals surface area contributed by atoms with Crippen molar-refractivity contribution in [2.24, 2.45) is 0 Å². The molecule has 0 spiro atoms. The van der Waals surface area contributed by atoms with E-state index >= 15 is 0 Å². The van der Waals surface area contributed by atoms with Gasteiger partial charge in [-0.2, -0.15) is 0 Å². The van der Waals surface area contributed by atoms with E-state index in [1.54, 1.807) is 12.1 Å². The lowest BCUT2D eigenvalue weighted by molar-refractivity contribution is 0.0857. The number of amides is 1. The Morgan fingerprint density at radius 3 is 3.00 bits per heavy atom. The fourth-order valence-electron chi connectivity index (χ4n) is 2.70. The average molecular weight is 330 g/mol. The van der Waals surface area contributed by atoms with Crippen LogP contribution in [0.1, 0.15) is 40.2 Å². The molecular weight excluding hydrogens is 308 g/mol. The Kier molecular flexibility index (Phi) is 5.15. The molecule has 2 aromatic rings. The maximum Gasteiger partial charge on any atom is 0.251 e. The molecule has 1 saturated heterocycles. The van der Waals surface area contributed by atoms with E-state index in [0.29, 0.717) is 24.5 Å². The van der Waals surface area contributed by atoms with Crippen molar-refractivity contribution >= 4 is 5.91 Å². The summed E-state index contributed by atoms with van der Waals surface area (Å²) in [7, 11) is 0. The molecule has 1 unspecified atom stereocenters. The summed E-state index contributed by atoms with van der Waals surface area (Å²) < 4.78 is 16.4. The minimum absolute atomic E-state index is 0.117. The number of rotatable bonds is 6. The van der Waals surface area contributed by atoms with Crippen LogP contribution in [0, 0.1) is 13.8 Å². The van der Waals surface area contributed by atoms with Crippen molar-refractivity contribution in [3.05, 3.63) is 46.8 Å². The third-order valence-electron chi connectivity index (χ3n) is 4.17. The normalized spacial score (nSPS) is 17.0. The van der Waals surface area contributed by atoms with Crippen molar-refractivity contribution in [2.75, 3.05) is 13.2 Å². The zero-order chi connectivity index (χ0) is 16.9. The highest BCUT2D eigenvalue weighted by Crippen LogP contribution is 2.18. The highest BCUT2D eigenvalue weighted by atomic mass is 16.5. The maximum absolute atomic E-state index is 12.2. The zero-order valence-electron chi connectivity index (χ0n) is 14.0. The third kappa shape index (κ3) is 3.94. The lowest BCUT2D eigenvalue weighted by Crippen LogP contribution is -2.31. The summed E-state index contributed by atoms with van der Waals surface area (Å²) in [5.74, 6) is 1.27. The van der Waals surface area contributed by atoms with E-state index in [-0.39, 0.29) is 12.0 Å². The SMILES string of the molecule is Cc1noc(C)c1COc1cccc(C(=O)NCC2CCCO2)c1. The number of carbonyl (C=O) groups excluding carboxylic acids is 1. The van der Waals surface area contributed by atoms with Gasteiger partial charge in [0.2, 0.25) is 0 Å². The summed E-state index contributed by atoms with van der Waals surface area (Å²) >= 11 is 0. The van der Waals surface area contributed by atoms with Crippen molar-refractivity contribution in [3.8, 4) is 5.75 Å². The molecular formula is C18H22N2O4. The molecule has 1 amide bonds. The molecule has 1 aliphatic rings. The first-order valence-electron chi connectivity index (χ1n) is 8.18. The van der Waals surface area contributed by atoms with Crippen molar-refractivity contribution in [3.63, 3.8) is 0 Å². The minimum atomic E-state index is -0.117. The fourth-order valence-corrected chi connectivity index (χ4v) is 2.70. The van der Waals surface area contributed by atoms with E-state index in [1.165, 1.54) is 0 Å². The van der Waals surface area contributed by atoms with Crippen molar-refractivity contribution in [1.29, 1.82) is 0 Å². The summed E-state index contributed by atoms with van der Waals surface area (Å²) in [4.78, 5) is 12.2. The Morgan fingerprint density at radius 2 is 2.29 bits per heavy atom. The predicted octanol–water partition coefficient (Wildman–Crippen LogP) is 2.78. The van der Waals surface area contributed by atoms with Gasteiger partial charge in [0.1, 0.15) is 18.1 Å². The standard InChI is InChI=1S/C18H22N2O4/c1-12-17(13(2)24-20-12)11-23-15-6-3-5-14(9-15)18(21)19-10-16-7-4-8-22-16/h3,5-6,9,16H,4,7-8,10-11H2,1-2H3,(H,19,21). The van der Waals surface area contributed by atoms with Crippen LogP contribution in [0.3, 0.4) is 0 Å². The highest BCUT2D eigenvalue weighted by molar-refractivity contribution is 5.94. The molecule has 1 fully saturated rings. The van der Waals surface area contributed by atoms with Gasteiger partial charge in [-0.15, -0.1) is 0 Å². The summed E-state index contributed by atoms with van der Waals surface area (Å²) in [5.41, 5.74) is 2.32. The van der Waals surface area contributed by atoms with Gasteiger partial charge < -0.3 is 19.3 Å². The third-order valence-corrected chi connectivity index (χ3v) is 4.17. The van der Waals surface area contributed by atoms with Crippen LogP contribution in [0.5, 0.6) is 5.75 Å². The smallest absolute Gasteiger partial charge is 0.251 e. The van der Waals surface area contributed by atoms with Gasteiger partial charge in [0, 0.05) is 18.7 Å². The van der Waals surface area contributed by atoms with Gasteiger partial charge in [-0.3, -0.25) is 4.79 Å². The molecule has 1 aliphatic heterocycles. The molecule has 3 rings (SSSR count). The Morgan fingerprint density at radius 1 is 1.42 bits per heavy atom.